The Labute approximate surface area is 257 Å². The zero-order valence-electron chi connectivity index (χ0n) is 25.8. The number of carbonyl (C=O) groups is 3. The Hall–Kier alpha value is -4.05. The van der Waals surface area contributed by atoms with Crippen LogP contribution in [0.15, 0.2) is 60.8 Å². The normalized spacial score (nSPS) is 16.4. The number of aromatic nitrogens is 1. The highest BCUT2D eigenvalue weighted by atomic mass is 19.1. The van der Waals surface area contributed by atoms with Gasteiger partial charge < -0.3 is 25.2 Å². The predicted octanol–water partition coefficient (Wildman–Crippen LogP) is 5.23. The molecule has 1 aliphatic heterocycles. The molecule has 4 rings (SSSR count). The van der Waals surface area contributed by atoms with Crippen molar-refractivity contribution in [2.45, 2.75) is 53.1 Å². The van der Waals surface area contributed by atoms with E-state index in [-0.39, 0.29) is 30.4 Å². The fourth-order valence-corrected chi connectivity index (χ4v) is 5.90. The van der Waals surface area contributed by atoms with Crippen molar-refractivity contribution in [3.8, 4) is 11.1 Å². The van der Waals surface area contributed by atoms with Gasteiger partial charge in [0.15, 0.2) is 0 Å². The number of benzene rings is 2. The standard InChI is InChI=1S/C34H42F2N4O4/c1-22(14-31(42)43)33(44)38-18-30(41)40(20-24-12-13-37-17-24)32(34(2,3)4)29-15-25(27-16-26(35)10-11-28(27)36)21-39(29)19-23-8-6-5-7-9-23/h5-11,15-16,21-22,24,32,37H,12-14,17-20H2,1-4H3,(H,38,44)(H,42,43). The van der Waals surface area contributed by atoms with Crippen molar-refractivity contribution >= 4 is 17.8 Å². The van der Waals surface area contributed by atoms with Crippen LogP contribution < -0.4 is 10.6 Å². The number of carboxylic acid groups (broad SMARTS) is 1. The fourth-order valence-electron chi connectivity index (χ4n) is 5.90. The van der Waals surface area contributed by atoms with Crippen LogP contribution >= 0.6 is 0 Å². The number of carbonyl (C=O) groups excluding carboxylic acids is 2. The van der Waals surface area contributed by atoms with Gasteiger partial charge in [-0.2, -0.15) is 0 Å². The van der Waals surface area contributed by atoms with Crippen LogP contribution in [-0.4, -0.2) is 58.5 Å². The van der Waals surface area contributed by atoms with Crippen LogP contribution in [0.1, 0.15) is 57.8 Å². The lowest BCUT2D eigenvalue weighted by Gasteiger charge is -2.42. The van der Waals surface area contributed by atoms with E-state index in [0.717, 1.165) is 42.9 Å². The van der Waals surface area contributed by atoms with E-state index >= 15 is 4.39 Å². The van der Waals surface area contributed by atoms with Gasteiger partial charge in [-0.15, -0.1) is 0 Å². The average Bonchev–Trinajstić information content (AvgIpc) is 3.62. The molecule has 0 spiro atoms. The number of nitrogens with zero attached hydrogens (tertiary/aromatic N) is 2. The third kappa shape index (κ3) is 8.31. The predicted molar refractivity (Wildman–Crippen MR) is 165 cm³/mol. The molecule has 2 heterocycles. The summed E-state index contributed by atoms with van der Waals surface area (Å²) in [6, 6.07) is 14.5. The number of amides is 2. The molecule has 0 radical (unpaired) electrons. The van der Waals surface area contributed by atoms with Gasteiger partial charge in [0.05, 0.1) is 19.0 Å². The maximum Gasteiger partial charge on any atom is 0.304 e. The molecule has 0 saturated carbocycles. The molecule has 1 saturated heterocycles. The lowest BCUT2D eigenvalue weighted by Crippen LogP contribution is -2.49. The van der Waals surface area contributed by atoms with Crippen LogP contribution in [0.5, 0.6) is 0 Å². The lowest BCUT2D eigenvalue weighted by atomic mass is 9.82. The van der Waals surface area contributed by atoms with Gasteiger partial charge in [0.2, 0.25) is 11.8 Å². The van der Waals surface area contributed by atoms with E-state index < -0.39 is 40.9 Å². The molecule has 2 amide bonds. The summed E-state index contributed by atoms with van der Waals surface area (Å²) in [6.07, 6.45) is 2.34. The number of hydrogen-bond donors (Lipinski definition) is 3. The Morgan fingerprint density at radius 2 is 1.84 bits per heavy atom. The average molecular weight is 609 g/mol. The minimum atomic E-state index is -1.09. The first-order chi connectivity index (χ1) is 20.8. The molecule has 3 aromatic rings. The second-order valence-electron chi connectivity index (χ2n) is 12.8. The number of hydrogen-bond acceptors (Lipinski definition) is 4. The zero-order chi connectivity index (χ0) is 32.0. The molecule has 1 aliphatic rings. The van der Waals surface area contributed by atoms with Gasteiger partial charge in [-0.05, 0) is 60.7 Å². The number of rotatable bonds is 12. The zero-order valence-corrected chi connectivity index (χ0v) is 25.8. The molecule has 3 N–H and O–H groups in total. The van der Waals surface area contributed by atoms with Gasteiger partial charge in [-0.25, -0.2) is 8.78 Å². The molecule has 10 heteroatoms. The van der Waals surface area contributed by atoms with E-state index in [1.54, 1.807) is 11.1 Å². The number of nitrogens with one attached hydrogen (secondary N) is 2. The van der Waals surface area contributed by atoms with E-state index in [0.29, 0.717) is 18.7 Å². The second-order valence-corrected chi connectivity index (χ2v) is 12.8. The molecule has 0 bridgehead atoms. The Kier molecular flexibility index (Phi) is 10.6. The van der Waals surface area contributed by atoms with Crippen molar-refractivity contribution in [3.05, 3.63) is 83.7 Å². The van der Waals surface area contributed by atoms with Gasteiger partial charge in [-0.3, -0.25) is 14.4 Å². The lowest BCUT2D eigenvalue weighted by molar-refractivity contribution is -0.141. The highest BCUT2D eigenvalue weighted by molar-refractivity contribution is 5.87. The number of aliphatic carboxylic acids is 1. The third-order valence-electron chi connectivity index (χ3n) is 8.06. The molecule has 2 aromatic carbocycles. The molecule has 0 aliphatic carbocycles. The number of halogens is 2. The highest BCUT2D eigenvalue weighted by Crippen LogP contribution is 2.41. The molecule has 44 heavy (non-hydrogen) atoms. The van der Waals surface area contributed by atoms with Crippen molar-refractivity contribution in [3.63, 3.8) is 0 Å². The van der Waals surface area contributed by atoms with E-state index in [9.17, 15) is 18.8 Å². The summed E-state index contributed by atoms with van der Waals surface area (Å²) in [5.74, 6) is -3.62. The first-order valence-electron chi connectivity index (χ1n) is 15.0. The maximum absolute atomic E-state index is 15.0. The van der Waals surface area contributed by atoms with E-state index in [2.05, 4.69) is 10.6 Å². The SMILES string of the molecule is CC(CC(=O)O)C(=O)NCC(=O)N(CC1CCNC1)C(c1cc(-c2cc(F)ccc2F)cn1Cc1ccccc1)C(C)(C)C. The maximum atomic E-state index is 15.0. The van der Waals surface area contributed by atoms with Crippen LogP contribution in [0, 0.1) is 28.9 Å². The molecule has 3 atom stereocenters. The summed E-state index contributed by atoms with van der Waals surface area (Å²) in [5, 5.41) is 15.1. The monoisotopic (exact) mass is 608 g/mol. The summed E-state index contributed by atoms with van der Waals surface area (Å²) in [6.45, 7) is 9.75. The summed E-state index contributed by atoms with van der Waals surface area (Å²) < 4.78 is 31.3. The van der Waals surface area contributed by atoms with Gasteiger partial charge >= 0.3 is 5.97 Å². The van der Waals surface area contributed by atoms with Gasteiger partial charge in [-0.1, -0.05) is 58.0 Å². The van der Waals surface area contributed by atoms with Crippen molar-refractivity contribution in [1.82, 2.24) is 20.1 Å². The van der Waals surface area contributed by atoms with Crippen LogP contribution in [0.4, 0.5) is 8.78 Å². The van der Waals surface area contributed by atoms with Crippen molar-refractivity contribution in [2.24, 2.45) is 17.3 Å². The van der Waals surface area contributed by atoms with Gasteiger partial charge in [0, 0.05) is 42.0 Å². The van der Waals surface area contributed by atoms with Crippen LogP contribution in [-0.2, 0) is 20.9 Å². The van der Waals surface area contributed by atoms with E-state index in [1.807, 2.05) is 61.7 Å². The van der Waals surface area contributed by atoms with Crippen LogP contribution in [0.3, 0.4) is 0 Å². The van der Waals surface area contributed by atoms with Gasteiger partial charge in [0.25, 0.3) is 0 Å². The third-order valence-corrected chi connectivity index (χ3v) is 8.06. The van der Waals surface area contributed by atoms with Crippen LogP contribution in [0.2, 0.25) is 0 Å². The van der Waals surface area contributed by atoms with Crippen molar-refractivity contribution in [2.75, 3.05) is 26.2 Å². The molecular weight excluding hydrogens is 566 g/mol. The highest BCUT2D eigenvalue weighted by Gasteiger charge is 2.38. The Balaban J connectivity index is 1.78. The smallest absolute Gasteiger partial charge is 0.304 e. The molecule has 8 nitrogen and oxygen atoms in total. The molecular formula is C34H42F2N4O4. The fraction of sp³-hybridized carbons (Fsp3) is 0.441. The Bertz CT molecular complexity index is 1460. The van der Waals surface area contributed by atoms with Gasteiger partial charge in [0.1, 0.15) is 11.6 Å². The van der Waals surface area contributed by atoms with Crippen LogP contribution in [0.25, 0.3) is 11.1 Å². The number of carboxylic acids is 1. The second kappa shape index (κ2) is 14.2. The topological polar surface area (TPSA) is 104 Å². The molecule has 1 aromatic heterocycles. The Morgan fingerprint density at radius 1 is 1.11 bits per heavy atom. The largest absolute Gasteiger partial charge is 0.481 e. The molecule has 3 unspecified atom stereocenters. The first-order valence-corrected chi connectivity index (χ1v) is 15.0. The summed E-state index contributed by atoms with van der Waals surface area (Å²) >= 11 is 0. The quantitative estimate of drug-likeness (QED) is 0.261. The summed E-state index contributed by atoms with van der Waals surface area (Å²) in [7, 11) is 0. The van der Waals surface area contributed by atoms with E-state index in [1.165, 1.54) is 13.0 Å². The summed E-state index contributed by atoms with van der Waals surface area (Å²) in [4.78, 5) is 39.6. The molecule has 236 valence electrons. The van der Waals surface area contributed by atoms with E-state index in [4.69, 9.17) is 5.11 Å². The van der Waals surface area contributed by atoms with Crippen molar-refractivity contribution in [1.29, 1.82) is 0 Å². The first kappa shape index (κ1) is 32.9. The Morgan fingerprint density at radius 3 is 2.48 bits per heavy atom. The molecule has 1 fully saturated rings. The minimum Gasteiger partial charge on any atom is -0.481 e. The minimum absolute atomic E-state index is 0.128. The van der Waals surface area contributed by atoms with Crippen molar-refractivity contribution < 1.29 is 28.3 Å². The summed E-state index contributed by atoms with van der Waals surface area (Å²) in [5.41, 5.74) is 1.87.